The summed E-state index contributed by atoms with van der Waals surface area (Å²) in [6.45, 7) is -0.213. The van der Waals surface area contributed by atoms with E-state index >= 15 is 0 Å². The number of pyridine rings is 1. The van der Waals surface area contributed by atoms with E-state index in [9.17, 15) is 18.0 Å². The molecular weight excluding hydrogens is 368 g/mol. The molecule has 0 unspecified atom stereocenters. The molecule has 1 heterocycles. The molecule has 0 bridgehead atoms. The lowest BCUT2D eigenvalue weighted by Gasteiger charge is -2.12. The number of carbonyl (C=O) groups excluding carboxylic acids is 1. The number of nitrogens with zero attached hydrogens (tertiary/aromatic N) is 1. The van der Waals surface area contributed by atoms with E-state index in [1.165, 1.54) is 0 Å². The third kappa shape index (κ3) is 3.70. The fourth-order valence-corrected chi connectivity index (χ4v) is 1.97. The molecular formula is C9H8F3IN2O3. The van der Waals surface area contributed by atoms with E-state index in [2.05, 4.69) is 14.5 Å². The van der Waals surface area contributed by atoms with E-state index in [4.69, 9.17) is 5.73 Å². The Balaban J connectivity index is 3.23. The van der Waals surface area contributed by atoms with Crippen LogP contribution >= 0.6 is 22.6 Å². The fourth-order valence-electron chi connectivity index (χ4n) is 1.18. The molecule has 0 aliphatic rings. The Hall–Kier alpha value is -1.10. The van der Waals surface area contributed by atoms with E-state index in [0.717, 1.165) is 13.2 Å². The predicted molar refractivity (Wildman–Crippen MR) is 62.9 cm³/mol. The summed E-state index contributed by atoms with van der Waals surface area (Å²) < 4.78 is 44.5. The van der Waals surface area contributed by atoms with Gasteiger partial charge in [-0.25, -0.2) is 9.78 Å². The van der Waals surface area contributed by atoms with Crippen molar-refractivity contribution >= 4 is 28.6 Å². The summed E-state index contributed by atoms with van der Waals surface area (Å²) >= 11 is 1.68. The van der Waals surface area contributed by atoms with Crippen LogP contribution in [0.4, 0.5) is 13.2 Å². The van der Waals surface area contributed by atoms with Gasteiger partial charge in [-0.05, 0) is 22.6 Å². The molecule has 18 heavy (non-hydrogen) atoms. The summed E-state index contributed by atoms with van der Waals surface area (Å²) in [7, 11) is 1.15. The highest BCUT2D eigenvalue weighted by atomic mass is 127. The lowest BCUT2D eigenvalue weighted by Crippen LogP contribution is -2.20. The standard InChI is InChI=1S/C9H8F3IN2O3/c1-17-8(16)7-4(13)2-6(15-5(7)3-14)18-9(10,11)12/h2H,3,14H2,1H3. The van der Waals surface area contributed by atoms with Gasteiger partial charge < -0.3 is 15.2 Å². The zero-order chi connectivity index (χ0) is 13.9. The number of halogens is 4. The van der Waals surface area contributed by atoms with Crippen LogP contribution in [0.5, 0.6) is 5.88 Å². The van der Waals surface area contributed by atoms with Gasteiger partial charge in [-0.1, -0.05) is 0 Å². The highest BCUT2D eigenvalue weighted by Crippen LogP contribution is 2.26. The van der Waals surface area contributed by atoms with Crippen molar-refractivity contribution in [3.63, 3.8) is 0 Å². The van der Waals surface area contributed by atoms with Crippen LogP contribution in [0, 0.1) is 3.57 Å². The Bertz CT molecular complexity index is 465. The molecule has 5 nitrogen and oxygen atoms in total. The molecule has 0 spiro atoms. The maximum Gasteiger partial charge on any atom is 0.574 e. The van der Waals surface area contributed by atoms with Crippen molar-refractivity contribution in [1.29, 1.82) is 0 Å². The summed E-state index contributed by atoms with van der Waals surface area (Å²) in [5.74, 6) is -1.38. The minimum atomic E-state index is -4.85. The first kappa shape index (κ1) is 15.0. The second-order valence-corrected chi connectivity index (χ2v) is 4.17. The van der Waals surface area contributed by atoms with Gasteiger partial charge in [0.15, 0.2) is 0 Å². The monoisotopic (exact) mass is 376 g/mol. The van der Waals surface area contributed by atoms with Crippen LogP contribution in [-0.4, -0.2) is 24.4 Å². The summed E-state index contributed by atoms with van der Waals surface area (Å²) in [5.41, 5.74) is 5.35. The van der Waals surface area contributed by atoms with Gasteiger partial charge in [0.05, 0.1) is 18.4 Å². The first-order valence-electron chi connectivity index (χ1n) is 4.52. The molecule has 0 aromatic carbocycles. The lowest BCUT2D eigenvalue weighted by molar-refractivity contribution is -0.276. The molecule has 0 saturated heterocycles. The molecule has 0 amide bonds. The summed E-state index contributed by atoms with van der Waals surface area (Å²) in [6, 6.07) is 0.986. The molecule has 0 atom stereocenters. The molecule has 0 saturated carbocycles. The number of hydrogen-bond acceptors (Lipinski definition) is 5. The number of nitrogens with two attached hydrogens (primary N) is 1. The maximum atomic E-state index is 12.0. The largest absolute Gasteiger partial charge is 0.574 e. The quantitative estimate of drug-likeness (QED) is 0.644. The zero-order valence-electron chi connectivity index (χ0n) is 9.05. The third-order valence-electron chi connectivity index (χ3n) is 1.83. The minimum Gasteiger partial charge on any atom is -0.465 e. The summed E-state index contributed by atoms with van der Waals surface area (Å²) in [4.78, 5) is 15.0. The van der Waals surface area contributed by atoms with Gasteiger partial charge in [0, 0.05) is 16.2 Å². The van der Waals surface area contributed by atoms with Crippen molar-refractivity contribution in [3.8, 4) is 5.88 Å². The second kappa shape index (κ2) is 5.69. The number of alkyl halides is 3. The van der Waals surface area contributed by atoms with Crippen molar-refractivity contribution in [2.75, 3.05) is 7.11 Å². The molecule has 0 fully saturated rings. The average Bonchev–Trinajstić information content (AvgIpc) is 2.24. The second-order valence-electron chi connectivity index (χ2n) is 3.01. The first-order valence-corrected chi connectivity index (χ1v) is 5.60. The van der Waals surface area contributed by atoms with Crippen LogP contribution < -0.4 is 10.5 Å². The van der Waals surface area contributed by atoms with Gasteiger partial charge in [0.1, 0.15) is 0 Å². The Morgan fingerprint density at radius 3 is 2.61 bits per heavy atom. The van der Waals surface area contributed by atoms with Gasteiger partial charge in [-0.3, -0.25) is 0 Å². The van der Waals surface area contributed by atoms with Gasteiger partial charge >= 0.3 is 12.3 Å². The minimum absolute atomic E-state index is 0.0204. The number of ether oxygens (including phenoxy) is 2. The lowest BCUT2D eigenvalue weighted by atomic mass is 10.2. The Morgan fingerprint density at radius 1 is 1.56 bits per heavy atom. The first-order chi connectivity index (χ1) is 8.28. The van der Waals surface area contributed by atoms with Crippen molar-refractivity contribution in [2.45, 2.75) is 12.9 Å². The fraction of sp³-hybridized carbons (Fsp3) is 0.333. The number of rotatable bonds is 3. The normalized spacial score (nSPS) is 11.2. The molecule has 0 aliphatic heterocycles. The molecule has 2 N–H and O–H groups in total. The van der Waals surface area contributed by atoms with E-state index < -0.39 is 18.2 Å². The van der Waals surface area contributed by atoms with Crippen LogP contribution in [0.2, 0.25) is 0 Å². The van der Waals surface area contributed by atoms with Gasteiger partial charge in [0.25, 0.3) is 0 Å². The van der Waals surface area contributed by atoms with Crippen LogP contribution in [0.25, 0.3) is 0 Å². The highest BCUT2D eigenvalue weighted by molar-refractivity contribution is 14.1. The Labute approximate surface area is 114 Å². The zero-order valence-corrected chi connectivity index (χ0v) is 11.2. The van der Waals surface area contributed by atoms with Gasteiger partial charge in [0.2, 0.25) is 5.88 Å². The van der Waals surface area contributed by atoms with Crippen molar-refractivity contribution < 1.29 is 27.4 Å². The van der Waals surface area contributed by atoms with E-state index in [0.29, 0.717) is 0 Å². The number of esters is 1. The molecule has 0 radical (unpaired) electrons. The van der Waals surface area contributed by atoms with Crippen LogP contribution in [0.15, 0.2) is 6.07 Å². The SMILES string of the molecule is COC(=O)c1c(I)cc(OC(F)(F)F)nc1CN. The summed E-state index contributed by atoms with van der Waals surface area (Å²) in [6.07, 6.45) is -4.85. The molecule has 9 heteroatoms. The summed E-state index contributed by atoms with van der Waals surface area (Å²) in [5, 5.41) is 0. The smallest absolute Gasteiger partial charge is 0.465 e. The average molecular weight is 376 g/mol. The van der Waals surface area contributed by atoms with Crippen molar-refractivity contribution in [1.82, 2.24) is 4.98 Å². The third-order valence-corrected chi connectivity index (χ3v) is 2.68. The van der Waals surface area contributed by atoms with E-state index in [1.807, 2.05) is 0 Å². The van der Waals surface area contributed by atoms with Gasteiger partial charge in [-0.2, -0.15) is 0 Å². The number of methoxy groups -OCH3 is 1. The Morgan fingerprint density at radius 2 is 2.17 bits per heavy atom. The molecule has 0 aliphatic carbocycles. The van der Waals surface area contributed by atoms with Gasteiger partial charge in [-0.15, -0.1) is 13.2 Å². The number of hydrogen-bond donors (Lipinski definition) is 1. The molecule has 1 aromatic rings. The predicted octanol–water partition coefficient (Wildman–Crippen LogP) is 1.83. The number of aromatic nitrogens is 1. The highest BCUT2D eigenvalue weighted by Gasteiger charge is 2.32. The van der Waals surface area contributed by atoms with Crippen LogP contribution in [0.1, 0.15) is 16.1 Å². The van der Waals surface area contributed by atoms with E-state index in [1.54, 1.807) is 22.6 Å². The maximum absolute atomic E-state index is 12.0. The van der Waals surface area contributed by atoms with E-state index in [-0.39, 0.29) is 21.4 Å². The number of carbonyl (C=O) groups is 1. The topological polar surface area (TPSA) is 74.4 Å². The van der Waals surface area contributed by atoms with Crippen LogP contribution in [0.3, 0.4) is 0 Å². The molecule has 100 valence electrons. The van der Waals surface area contributed by atoms with Crippen molar-refractivity contribution in [2.24, 2.45) is 5.73 Å². The molecule has 1 aromatic heterocycles. The Kier molecular flexibility index (Phi) is 4.73. The molecule has 1 rings (SSSR count). The van der Waals surface area contributed by atoms with Crippen LogP contribution in [-0.2, 0) is 11.3 Å². The van der Waals surface area contributed by atoms with Crippen molar-refractivity contribution in [3.05, 3.63) is 20.9 Å².